The monoisotopic (exact) mass is 281 g/mol. The van der Waals surface area contributed by atoms with Gasteiger partial charge in [0.2, 0.25) is 5.91 Å². The number of carbonyl (C=O) groups is 1. The van der Waals surface area contributed by atoms with Crippen molar-refractivity contribution in [3.63, 3.8) is 0 Å². The molecule has 1 aliphatic heterocycles. The van der Waals surface area contributed by atoms with E-state index in [1.807, 2.05) is 17.0 Å². The van der Waals surface area contributed by atoms with Gasteiger partial charge >= 0.3 is 0 Å². The Kier molecular flexibility index (Phi) is 3.96. The van der Waals surface area contributed by atoms with Crippen molar-refractivity contribution in [1.29, 1.82) is 5.26 Å². The fraction of sp³-hybridized carbons (Fsp3) is 0.500. The highest BCUT2D eigenvalue weighted by Crippen LogP contribution is 2.36. The summed E-state index contributed by atoms with van der Waals surface area (Å²) in [7, 11) is 0. The Balaban J connectivity index is 1.57. The molecule has 3 nitrogen and oxygen atoms in total. The minimum atomic E-state index is 0.177. The van der Waals surface area contributed by atoms with E-state index in [2.05, 4.69) is 25.1 Å². The van der Waals surface area contributed by atoms with E-state index < -0.39 is 0 Å². The molecule has 3 heteroatoms. The van der Waals surface area contributed by atoms with Gasteiger partial charge in [0.1, 0.15) is 0 Å². The summed E-state index contributed by atoms with van der Waals surface area (Å²) in [6.45, 7) is 5.75. The number of carbonyl (C=O) groups excluding carboxylic acids is 1. The van der Waals surface area contributed by atoms with Crippen LogP contribution in [0.5, 0.6) is 0 Å². The largest absolute Gasteiger partial charge is 0.342 e. The minimum Gasteiger partial charge on any atom is -0.342 e. The number of amides is 1. The first-order valence-corrected chi connectivity index (χ1v) is 7.81. The lowest BCUT2D eigenvalue weighted by atomic mass is 9.74. The first-order valence-electron chi connectivity index (χ1n) is 7.81. The zero-order valence-electron chi connectivity index (χ0n) is 12.3. The summed E-state index contributed by atoms with van der Waals surface area (Å²) in [6, 6.07) is 10.0. The van der Waals surface area contributed by atoms with Crippen LogP contribution in [0.2, 0.25) is 0 Å². The van der Waals surface area contributed by atoms with E-state index in [0.29, 0.717) is 23.3 Å². The highest BCUT2D eigenvalue weighted by atomic mass is 16.2. The summed E-state index contributed by atoms with van der Waals surface area (Å²) in [5.74, 6) is 1.34. The fourth-order valence-electron chi connectivity index (χ4n) is 3.39. The molecule has 0 aromatic heterocycles. The van der Waals surface area contributed by atoms with Gasteiger partial charge in [0.15, 0.2) is 0 Å². The zero-order valence-corrected chi connectivity index (χ0v) is 12.3. The molecule has 0 bridgehead atoms. The van der Waals surface area contributed by atoms with Crippen LogP contribution in [-0.2, 0) is 4.79 Å². The first kappa shape index (κ1) is 14.1. The van der Waals surface area contributed by atoms with Gasteiger partial charge in [-0.25, -0.2) is 0 Å². The summed E-state index contributed by atoms with van der Waals surface area (Å²) >= 11 is 0. The summed E-state index contributed by atoms with van der Waals surface area (Å²) in [5, 5.41) is 8.84. The van der Waals surface area contributed by atoms with Gasteiger partial charge in [0.05, 0.1) is 11.6 Å². The SMILES string of the molecule is [CH2]C1CCC1C(=O)N1CCC(c2ccc(C#N)cc2)CC1. The molecular weight excluding hydrogens is 260 g/mol. The average molecular weight is 281 g/mol. The van der Waals surface area contributed by atoms with Crippen molar-refractivity contribution in [2.45, 2.75) is 31.6 Å². The Morgan fingerprint density at radius 3 is 2.29 bits per heavy atom. The molecule has 109 valence electrons. The molecular formula is C18H21N2O. The predicted molar refractivity (Wildman–Crippen MR) is 81.3 cm³/mol. The second-order valence-electron chi connectivity index (χ2n) is 6.28. The van der Waals surface area contributed by atoms with Crippen LogP contribution in [0.25, 0.3) is 0 Å². The minimum absolute atomic E-state index is 0.177. The van der Waals surface area contributed by atoms with Gasteiger partial charge in [-0.3, -0.25) is 4.79 Å². The fourth-order valence-corrected chi connectivity index (χ4v) is 3.39. The quantitative estimate of drug-likeness (QED) is 0.836. The van der Waals surface area contributed by atoms with Crippen molar-refractivity contribution in [3.05, 3.63) is 42.3 Å². The van der Waals surface area contributed by atoms with E-state index in [1.165, 1.54) is 5.56 Å². The lowest BCUT2D eigenvalue weighted by Crippen LogP contribution is -2.45. The van der Waals surface area contributed by atoms with Gasteiger partial charge in [-0.1, -0.05) is 12.1 Å². The normalized spacial score (nSPS) is 26.0. The van der Waals surface area contributed by atoms with Gasteiger partial charge in [0.25, 0.3) is 0 Å². The van der Waals surface area contributed by atoms with Crippen LogP contribution in [0.15, 0.2) is 24.3 Å². The van der Waals surface area contributed by atoms with Crippen molar-refractivity contribution in [1.82, 2.24) is 4.90 Å². The molecule has 21 heavy (non-hydrogen) atoms. The summed E-state index contributed by atoms with van der Waals surface area (Å²) in [6.07, 6.45) is 4.15. The molecule has 3 rings (SSSR count). The smallest absolute Gasteiger partial charge is 0.225 e. The molecule has 2 unspecified atom stereocenters. The maximum atomic E-state index is 12.4. The zero-order chi connectivity index (χ0) is 14.8. The van der Waals surface area contributed by atoms with Gasteiger partial charge in [-0.2, -0.15) is 5.26 Å². The number of rotatable bonds is 2. The van der Waals surface area contributed by atoms with Crippen molar-refractivity contribution in [2.24, 2.45) is 11.8 Å². The topological polar surface area (TPSA) is 44.1 Å². The Morgan fingerprint density at radius 1 is 1.14 bits per heavy atom. The summed E-state index contributed by atoms with van der Waals surface area (Å²) in [4.78, 5) is 14.4. The second-order valence-corrected chi connectivity index (χ2v) is 6.28. The van der Waals surface area contributed by atoms with E-state index in [9.17, 15) is 4.79 Å². The lowest BCUT2D eigenvalue weighted by Gasteiger charge is -2.39. The molecule has 2 fully saturated rings. The molecule has 2 atom stereocenters. The number of likely N-dealkylation sites (tertiary alicyclic amines) is 1. The Bertz CT molecular complexity index is 550. The number of hydrogen-bond donors (Lipinski definition) is 0. The molecule has 1 aliphatic carbocycles. The molecule has 2 aliphatic rings. The maximum Gasteiger partial charge on any atom is 0.225 e. The van der Waals surface area contributed by atoms with Crippen molar-refractivity contribution in [3.8, 4) is 6.07 Å². The summed E-state index contributed by atoms with van der Waals surface area (Å²) < 4.78 is 0. The second kappa shape index (κ2) is 5.89. The van der Waals surface area contributed by atoms with Crippen LogP contribution in [0.4, 0.5) is 0 Å². The van der Waals surface area contributed by atoms with Crippen LogP contribution < -0.4 is 0 Å². The Labute approximate surface area is 126 Å². The van der Waals surface area contributed by atoms with Crippen LogP contribution in [0, 0.1) is 30.1 Å². The third kappa shape index (κ3) is 2.81. The molecule has 1 saturated carbocycles. The number of nitrogens with zero attached hydrogens (tertiary/aromatic N) is 2. The maximum absolute atomic E-state index is 12.4. The molecule has 1 amide bonds. The standard InChI is InChI=1S/C18H21N2O/c1-13-2-7-17(13)18(21)20-10-8-16(9-11-20)15-5-3-14(12-19)4-6-15/h3-6,13,16-17H,1-2,7-11H2. The molecule has 0 spiro atoms. The van der Waals surface area contributed by atoms with Crippen LogP contribution in [0.3, 0.4) is 0 Å². The Hall–Kier alpha value is -1.82. The third-order valence-corrected chi connectivity index (χ3v) is 5.05. The van der Waals surface area contributed by atoms with Crippen molar-refractivity contribution in [2.75, 3.05) is 13.1 Å². The molecule has 1 heterocycles. The third-order valence-electron chi connectivity index (χ3n) is 5.05. The average Bonchev–Trinajstić information content (AvgIpc) is 2.53. The molecule has 1 aromatic rings. The van der Waals surface area contributed by atoms with Crippen molar-refractivity contribution >= 4 is 5.91 Å². The molecule has 0 N–H and O–H groups in total. The predicted octanol–water partition coefficient (Wildman–Crippen LogP) is 3.12. The Morgan fingerprint density at radius 2 is 1.81 bits per heavy atom. The number of hydrogen-bond acceptors (Lipinski definition) is 2. The van der Waals surface area contributed by atoms with Gasteiger partial charge in [-0.15, -0.1) is 0 Å². The van der Waals surface area contributed by atoms with E-state index in [-0.39, 0.29) is 5.92 Å². The van der Waals surface area contributed by atoms with Crippen LogP contribution in [-0.4, -0.2) is 23.9 Å². The number of nitriles is 1. The highest BCUT2D eigenvalue weighted by Gasteiger charge is 2.37. The van der Waals surface area contributed by atoms with Gasteiger partial charge in [0, 0.05) is 19.0 Å². The highest BCUT2D eigenvalue weighted by molar-refractivity contribution is 5.80. The first-order chi connectivity index (χ1) is 10.2. The van der Waals surface area contributed by atoms with E-state index in [1.54, 1.807) is 0 Å². The van der Waals surface area contributed by atoms with Gasteiger partial charge < -0.3 is 4.90 Å². The molecule has 1 saturated heterocycles. The summed E-state index contributed by atoms with van der Waals surface area (Å²) in [5.41, 5.74) is 2.00. The molecule has 1 aromatic carbocycles. The number of piperidine rings is 1. The van der Waals surface area contributed by atoms with E-state index in [4.69, 9.17) is 5.26 Å². The number of benzene rings is 1. The van der Waals surface area contributed by atoms with Crippen LogP contribution in [0.1, 0.15) is 42.7 Å². The van der Waals surface area contributed by atoms with Gasteiger partial charge in [-0.05, 0) is 62.1 Å². The van der Waals surface area contributed by atoms with Crippen molar-refractivity contribution < 1.29 is 4.79 Å². The van der Waals surface area contributed by atoms with E-state index in [0.717, 1.165) is 38.8 Å². The lowest BCUT2D eigenvalue weighted by molar-refractivity contribution is -0.141. The molecule has 1 radical (unpaired) electrons. The van der Waals surface area contributed by atoms with E-state index >= 15 is 0 Å². The van der Waals surface area contributed by atoms with Crippen LogP contribution >= 0.6 is 0 Å².